The molecular weight excluding hydrogens is 402 g/mol. The highest BCUT2D eigenvalue weighted by Gasteiger charge is 2.48. The largest absolute Gasteiger partial charge is 0.325 e. The second-order valence-corrected chi connectivity index (χ2v) is 8.27. The third kappa shape index (κ3) is 3.98. The number of anilines is 1. The molecule has 0 atom stereocenters. The number of hydrogen-bond donors (Lipinski definition) is 1. The van der Waals surface area contributed by atoms with Gasteiger partial charge >= 0.3 is 0 Å². The predicted octanol–water partition coefficient (Wildman–Crippen LogP) is 3.67. The number of aliphatic imine (C=N–C) groups is 1. The van der Waals surface area contributed by atoms with Gasteiger partial charge in [0.25, 0.3) is 5.91 Å². The minimum atomic E-state index is -0.707. The van der Waals surface area contributed by atoms with Crippen LogP contribution in [0, 0.1) is 29.6 Å². The Labute approximate surface area is 187 Å². The van der Waals surface area contributed by atoms with Crippen molar-refractivity contribution in [2.75, 3.05) is 11.9 Å². The Morgan fingerprint density at radius 2 is 1.81 bits per heavy atom. The third-order valence-electron chi connectivity index (χ3n) is 6.16. The van der Waals surface area contributed by atoms with Gasteiger partial charge in [-0.05, 0) is 62.4 Å². The zero-order valence-electron chi connectivity index (χ0n) is 17.9. The maximum absolute atomic E-state index is 13.4. The summed E-state index contributed by atoms with van der Waals surface area (Å²) < 4.78 is 0. The van der Waals surface area contributed by atoms with Gasteiger partial charge in [-0.2, -0.15) is 10.5 Å². The molecule has 160 valence electrons. The fraction of sp³-hybridized carbons (Fsp3) is 0.320. The van der Waals surface area contributed by atoms with E-state index in [0.29, 0.717) is 28.1 Å². The molecule has 0 aromatic heterocycles. The maximum atomic E-state index is 13.4. The number of benzene rings is 2. The summed E-state index contributed by atoms with van der Waals surface area (Å²) in [5.74, 6) is -0.597. The quantitative estimate of drug-likeness (QED) is 0.806. The molecule has 1 heterocycles. The standard InChI is InChI=1S/C25H23N5O2/c1-17-5-10-21(13-20(17)15-27)28-22(31)16-30-24(32)23(19-8-6-18(14-26)7-9-19)29-25(30)11-3-2-4-12-25/h5-10,13H,2-4,11-12,16H2,1H3,(H,28,31). The molecule has 2 amide bonds. The van der Waals surface area contributed by atoms with E-state index in [0.717, 1.165) is 37.7 Å². The van der Waals surface area contributed by atoms with Gasteiger partial charge in [0.15, 0.2) is 0 Å². The van der Waals surface area contributed by atoms with Crippen molar-refractivity contribution in [1.29, 1.82) is 10.5 Å². The summed E-state index contributed by atoms with van der Waals surface area (Å²) in [6.07, 6.45) is 4.40. The Morgan fingerprint density at radius 3 is 2.47 bits per heavy atom. The highest BCUT2D eigenvalue weighted by molar-refractivity contribution is 6.47. The van der Waals surface area contributed by atoms with Crippen LogP contribution < -0.4 is 5.32 Å². The molecule has 0 unspecified atom stereocenters. The number of rotatable bonds is 4. The van der Waals surface area contributed by atoms with Crippen LogP contribution in [0.15, 0.2) is 47.5 Å². The highest BCUT2D eigenvalue weighted by Crippen LogP contribution is 2.39. The number of nitriles is 2. The second-order valence-electron chi connectivity index (χ2n) is 8.27. The van der Waals surface area contributed by atoms with Crippen LogP contribution in [-0.4, -0.2) is 34.6 Å². The van der Waals surface area contributed by atoms with Gasteiger partial charge < -0.3 is 10.2 Å². The Morgan fingerprint density at radius 1 is 1.09 bits per heavy atom. The van der Waals surface area contributed by atoms with Gasteiger partial charge in [-0.3, -0.25) is 14.6 Å². The first-order valence-electron chi connectivity index (χ1n) is 10.7. The SMILES string of the molecule is Cc1ccc(NC(=O)CN2C(=O)C(c3ccc(C#N)cc3)=NC23CCCCC3)cc1C#N. The lowest BCUT2D eigenvalue weighted by molar-refractivity contribution is -0.134. The zero-order chi connectivity index (χ0) is 22.7. The van der Waals surface area contributed by atoms with E-state index < -0.39 is 5.66 Å². The molecule has 0 saturated heterocycles. The zero-order valence-corrected chi connectivity index (χ0v) is 17.9. The van der Waals surface area contributed by atoms with Crippen molar-refractivity contribution in [2.45, 2.75) is 44.7 Å². The van der Waals surface area contributed by atoms with Crippen molar-refractivity contribution in [3.63, 3.8) is 0 Å². The van der Waals surface area contributed by atoms with Crippen LogP contribution in [-0.2, 0) is 9.59 Å². The topological polar surface area (TPSA) is 109 Å². The molecule has 1 aliphatic heterocycles. The Hall–Kier alpha value is -3.97. The average molecular weight is 425 g/mol. The van der Waals surface area contributed by atoms with Crippen molar-refractivity contribution in [1.82, 2.24) is 4.90 Å². The minimum Gasteiger partial charge on any atom is -0.325 e. The lowest BCUT2D eigenvalue weighted by Crippen LogP contribution is -2.51. The number of amides is 2. The van der Waals surface area contributed by atoms with Crippen LogP contribution in [0.4, 0.5) is 5.69 Å². The van der Waals surface area contributed by atoms with Crippen molar-refractivity contribution < 1.29 is 9.59 Å². The third-order valence-corrected chi connectivity index (χ3v) is 6.16. The maximum Gasteiger partial charge on any atom is 0.275 e. The molecule has 1 N–H and O–H groups in total. The molecule has 1 fully saturated rings. The molecule has 0 radical (unpaired) electrons. The van der Waals surface area contributed by atoms with E-state index in [1.165, 1.54) is 0 Å². The number of carbonyl (C=O) groups is 2. The van der Waals surface area contributed by atoms with Crippen molar-refractivity contribution in [3.05, 3.63) is 64.7 Å². The second kappa shape index (κ2) is 8.64. The minimum absolute atomic E-state index is 0.113. The number of aryl methyl sites for hydroxylation is 1. The number of nitrogens with zero attached hydrogens (tertiary/aromatic N) is 4. The number of nitrogens with one attached hydrogen (secondary N) is 1. The molecule has 2 aromatic carbocycles. The molecule has 1 aliphatic carbocycles. The Kier molecular flexibility index (Phi) is 5.75. The summed E-state index contributed by atoms with van der Waals surface area (Å²) in [6.45, 7) is 1.72. The van der Waals surface area contributed by atoms with Crippen LogP contribution in [0.25, 0.3) is 0 Å². The molecule has 1 spiro atoms. The van der Waals surface area contributed by atoms with Gasteiger partial charge in [0.05, 0.1) is 23.3 Å². The fourth-order valence-electron chi connectivity index (χ4n) is 4.41. The Bertz CT molecular complexity index is 1180. The van der Waals surface area contributed by atoms with E-state index in [-0.39, 0.29) is 18.4 Å². The van der Waals surface area contributed by atoms with Gasteiger partial charge in [-0.25, -0.2) is 0 Å². The fourth-order valence-corrected chi connectivity index (χ4v) is 4.41. The number of hydrogen-bond acceptors (Lipinski definition) is 5. The first-order chi connectivity index (χ1) is 15.5. The van der Waals surface area contributed by atoms with E-state index in [1.807, 2.05) is 6.92 Å². The van der Waals surface area contributed by atoms with Gasteiger partial charge in [0.1, 0.15) is 17.9 Å². The summed E-state index contributed by atoms with van der Waals surface area (Å²) in [6, 6.07) is 16.1. The van der Waals surface area contributed by atoms with E-state index >= 15 is 0 Å². The summed E-state index contributed by atoms with van der Waals surface area (Å²) in [4.78, 5) is 32.7. The Balaban J connectivity index is 1.58. The highest BCUT2D eigenvalue weighted by atomic mass is 16.2. The number of carbonyl (C=O) groups excluding carboxylic acids is 2. The monoisotopic (exact) mass is 425 g/mol. The van der Waals surface area contributed by atoms with Gasteiger partial charge in [-0.15, -0.1) is 0 Å². The van der Waals surface area contributed by atoms with Crippen molar-refractivity contribution >= 4 is 23.2 Å². The molecule has 0 bridgehead atoms. The molecule has 32 heavy (non-hydrogen) atoms. The smallest absolute Gasteiger partial charge is 0.275 e. The molecule has 1 saturated carbocycles. The summed E-state index contributed by atoms with van der Waals surface area (Å²) in [7, 11) is 0. The predicted molar refractivity (Wildman–Crippen MR) is 120 cm³/mol. The molecule has 7 nitrogen and oxygen atoms in total. The first-order valence-corrected chi connectivity index (χ1v) is 10.7. The van der Waals surface area contributed by atoms with E-state index in [9.17, 15) is 14.9 Å². The van der Waals surface area contributed by atoms with E-state index in [2.05, 4.69) is 17.5 Å². The average Bonchev–Trinajstić information content (AvgIpc) is 3.06. The van der Waals surface area contributed by atoms with Crippen LogP contribution >= 0.6 is 0 Å². The van der Waals surface area contributed by atoms with Crippen molar-refractivity contribution in [3.8, 4) is 12.1 Å². The van der Waals surface area contributed by atoms with Crippen molar-refractivity contribution in [2.24, 2.45) is 4.99 Å². The molecule has 7 heteroatoms. The van der Waals surface area contributed by atoms with Crippen LogP contribution in [0.2, 0.25) is 0 Å². The van der Waals surface area contributed by atoms with Crippen LogP contribution in [0.5, 0.6) is 0 Å². The molecule has 2 aliphatic rings. The molecule has 2 aromatic rings. The summed E-state index contributed by atoms with van der Waals surface area (Å²) >= 11 is 0. The van der Waals surface area contributed by atoms with E-state index in [4.69, 9.17) is 10.3 Å². The van der Waals surface area contributed by atoms with Gasteiger partial charge in [0, 0.05) is 11.3 Å². The lowest BCUT2D eigenvalue weighted by Gasteiger charge is -2.38. The molecule has 4 rings (SSSR count). The van der Waals surface area contributed by atoms with E-state index in [1.54, 1.807) is 47.4 Å². The lowest BCUT2D eigenvalue weighted by atomic mass is 9.88. The van der Waals surface area contributed by atoms with Crippen LogP contribution in [0.3, 0.4) is 0 Å². The normalized spacial score (nSPS) is 16.9. The van der Waals surface area contributed by atoms with Gasteiger partial charge in [-0.1, -0.05) is 24.6 Å². The van der Waals surface area contributed by atoms with Gasteiger partial charge in [0.2, 0.25) is 5.91 Å². The summed E-state index contributed by atoms with van der Waals surface area (Å²) in [5.41, 5.74) is 2.65. The molecular formula is C25H23N5O2. The van der Waals surface area contributed by atoms with Crippen LogP contribution in [0.1, 0.15) is 54.4 Å². The summed E-state index contributed by atoms with van der Waals surface area (Å²) in [5, 5.41) is 21.1. The first kappa shape index (κ1) is 21.3.